The minimum absolute atomic E-state index is 0.0556. The van der Waals surface area contributed by atoms with E-state index < -0.39 is 17.6 Å². The second kappa shape index (κ2) is 4.97. The first-order valence-corrected chi connectivity index (χ1v) is 7.10. The zero-order valence-electron chi connectivity index (χ0n) is 10.5. The van der Waals surface area contributed by atoms with E-state index in [1.807, 2.05) is 13.8 Å². The molecule has 2 rings (SSSR count). The number of hydrogen-bond acceptors (Lipinski definition) is 4. The Kier molecular flexibility index (Phi) is 3.72. The third kappa shape index (κ3) is 2.42. The number of aliphatic carboxylic acids is 1. The first-order valence-electron chi connectivity index (χ1n) is 5.95. The van der Waals surface area contributed by atoms with Crippen molar-refractivity contribution in [2.75, 3.05) is 18.2 Å². The van der Waals surface area contributed by atoms with E-state index in [1.165, 1.54) is 16.7 Å². The van der Waals surface area contributed by atoms with Crippen LogP contribution in [0.5, 0.6) is 0 Å². The van der Waals surface area contributed by atoms with Crippen LogP contribution >= 0.6 is 11.8 Å². The first kappa shape index (κ1) is 13.5. The van der Waals surface area contributed by atoms with Crippen LogP contribution < -0.4 is 5.32 Å². The Balaban J connectivity index is 2.01. The van der Waals surface area contributed by atoms with Crippen LogP contribution in [0.2, 0.25) is 0 Å². The number of ether oxygens (including phenoxy) is 1. The fourth-order valence-corrected chi connectivity index (χ4v) is 3.31. The lowest BCUT2D eigenvalue weighted by Gasteiger charge is -2.32. The predicted octanol–water partition coefficient (Wildman–Crippen LogP) is 0.723. The summed E-state index contributed by atoms with van der Waals surface area (Å²) in [5.41, 5.74) is -0.409. The quantitative estimate of drug-likeness (QED) is 0.776. The summed E-state index contributed by atoms with van der Waals surface area (Å²) in [4.78, 5) is 24.6. The van der Waals surface area contributed by atoms with E-state index in [2.05, 4.69) is 5.32 Å². The molecule has 0 bridgehead atoms. The molecule has 0 saturated carbocycles. The lowest BCUT2D eigenvalue weighted by molar-refractivity contribution is -0.140. The largest absolute Gasteiger partial charge is 0.480 e. The van der Waals surface area contributed by atoms with Crippen LogP contribution in [0.3, 0.4) is 0 Å². The molecular formula is C11H18N2O4S. The van der Waals surface area contributed by atoms with E-state index in [4.69, 9.17) is 9.84 Å². The molecule has 2 fully saturated rings. The molecule has 0 aromatic carbocycles. The molecule has 2 aliphatic heterocycles. The van der Waals surface area contributed by atoms with Gasteiger partial charge in [0.05, 0.1) is 17.5 Å². The van der Waals surface area contributed by atoms with Gasteiger partial charge in [-0.25, -0.2) is 9.59 Å². The summed E-state index contributed by atoms with van der Waals surface area (Å²) in [7, 11) is 0. The topological polar surface area (TPSA) is 78.9 Å². The van der Waals surface area contributed by atoms with Crippen LogP contribution in [0.1, 0.15) is 20.3 Å². The molecule has 18 heavy (non-hydrogen) atoms. The minimum Gasteiger partial charge on any atom is -0.480 e. The zero-order valence-corrected chi connectivity index (χ0v) is 11.3. The van der Waals surface area contributed by atoms with Gasteiger partial charge in [-0.1, -0.05) is 0 Å². The maximum atomic E-state index is 12.1. The van der Waals surface area contributed by atoms with Gasteiger partial charge in [0.2, 0.25) is 0 Å². The van der Waals surface area contributed by atoms with Crippen molar-refractivity contribution in [3.63, 3.8) is 0 Å². The number of amides is 2. The third-order valence-electron chi connectivity index (χ3n) is 3.71. The third-order valence-corrected chi connectivity index (χ3v) is 4.72. The second-order valence-electron chi connectivity index (χ2n) is 4.93. The molecule has 3 unspecified atom stereocenters. The van der Waals surface area contributed by atoms with Gasteiger partial charge >= 0.3 is 12.0 Å². The van der Waals surface area contributed by atoms with Gasteiger partial charge in [0.15, 0.2) is 0 Å². The van der Waals surface area contributed by atoms with Crippen molar-refractivity contribution in [3.8, 4) is 0 Å². The molecule has 2 amide bonds. The zero-order chi connectivity index (χ0) is 13.3. The van der Waals surface area contributed by atoms with E-state index in [0.717, 1.165) is 6.42 Å². The average molecular weight is 274 g/mol. The Bertz CT molecular complexity index is 365. The highest BCUT2D eigenvalue weighted by atomic mass is 32.2. The molecule has 7 heteroatoms. The number of carboxylic acid groups (broad SMARTS) is 1. The van der Waals surface area contributed by atoms with Crippen LogP contribution in [-0.4, -0.2) is 57.9 Å². The molecule has 0 radical (unpaired) electrons. The van der Waals surface area contributed by atoms with Gasteiger partial charge in [-0.2, -0.15) is 0 Å². The SMILES string of the molecule is CC1OCCC1(C)NC(=O)N1CSCC1C(=O)O. The van der Waals surface area contributed by atoms with E-state index >= 15 is 0 Å². The fraction of sp³-hybridized carbons (Fsp3) is 0.818. The van der Waals surface area contributed by atoms with Crippen LogP contribution in [-0.2, 0) is 9.53 Å². The summed E-state index contributed by atoms with van der Waals surface area (Å²) in [6.07, 6.45) is 0.693. The summed E-state index contributed by atoms with van der Waals surface area (Å²) in [6, 6.07) is -1.04. The van der Waals surface area contributed by atoms with E-state index in [0.29, 0.717) is 18.2 Å². The van der Waals surface area contributed by atoms with Gasteiger partial charge < -0.3 is 20.1 Å². The molecular weight excluding hydrogens is 256 g/mol. The van der Waals surface area contributed by atoms with Crippen LogP contribution in [0, 0.1) is 0 Å². The molecule has 0 aromatic rings. The number of carbonyl (C=O) groups is 2. The molecule has 2 heterocycles. The normalized spacial score (nSPS) is 35.8. The highest BCUT2D eigenvalue weighted by molar-refractivity contribution is 7.99. The van der Waals surface area contributed by atoms with E-state index in [1.54, 1.807) is 0 Å². The number of carboxylic acids is 1. The molecule has 6 nitrogen and oxygen atoms in total. The average Bonchev–Trinajstić information content (AvgIpc) is 2.87. The number of nitrogens with one attached hydrogen (secondary N) is 1. The molecule has 0 spiro atoms. The highest BCUT2D eigenvalue weighted by Gasteiger charge is 2.42. The van der Waals surface area contributed by atoms with Crippen LogP contribution in [0.25, 0.3) is 0 Å². The van der Waals surface area contributed by atoms with Gasteiger partial charge in [0.1, 0.15) is 6.04 Å². The lowest BCUT2D eigenvalue weighted by Crippen LogP contribution is -2.57. The van der Waals surface area contributed by atoms with Crippen molar-refractivity contribution < 1.29 is 19.4 Å². The molecule has 2 saturated heterocycles. The van der Waals surface area contributed by atoms with Crippen molar-refractivity contribution in [1.82, 2.24) is 10.2 Å². The Hall–Kier alpha value is -0.950. The first-order chi connectivity index (χ1) is 8.44. The minimum atomic E-state index is -0.948. The number of nitrogens with zero attached hydrogens (tertiary/aromatic N) is 1. The molecule has 102 valence electrons. The Morgan fingerprint density at radius 1 is 1.56 bits per heavy atom. The van der Waals surface area contributed by atoms with Crippen molar-refractivity contribution in [3.05, 3.63) is 0 Å². The number of hydrogen-bond donors (Lipinski definition) is 2. The number of carbonyl (C=O) groups excluding carboxylic acids is 1. The highest BCUT2D eigenvalue weighted by Crippen LogP contribution is 2.27. The number of urea groups is 1. The number of rotatable bonds is 2. The molecule has 3 atom stereocenters. The molecule has 2 N–H and O–H groups in total. The van der Waals surface area contributed by atoms with Crippen molar-refractivity contribution >= 4 is 23.8 Å². The van der Waals surface area contributed by atoms with Gasteiger partial charge in [0.25, 0.3) is 0 Å². The standard InChI is InChI=1S/C11H18N2O4S/c1-7-11(2,3-4-17-7)12-10(16)13-6-18-5-8(13)9(14)15/h7-8H,3-6H2,1-2H3,(H,12,16)(H,14,15). The van der Waals surface area contributed by atoms with Crippen LogP contribution in [0.15, 0.2) is 0 Å². The van der Waals surface area contributed by atoms with Gasteiger partial charge in [0, 0.05) is 12.4 Å². The lowest BCUT2D eigenvalue weighted by atomic mass is 9.95. The van der Waals surface area contributed by atoms with E-state index in [9.17, 15) is 9.59 Å². The maximum Gasteiger partial charge on any atom is 0.327 e. The summed E-state index contributed by atoms with van der Waals surface area (Å²) in [5.74, 6) is -0.0735. The monoisotopic (exact) mass is 274 g/mol. The van der Waals surface area contributed by atoms with Gasteiger partial charge in [-0.15, -0.1) is 11.8 Å². The van der Waals surface area contributed by atoms with Gasteiger partial charge in [-0.05, 0) is 20.3 Å². The fourth-order valence-electron chi connectivity index (χ4n) is 2.16. The van der Waals surface area contributed by atoms with Gasteiger partial charge in [-0.3, -0.25) is 0 Å². The second-order valence-corrected chi connectivity index (χ2v) is 5.93. The summed E-state index contributed by atoms with van der Waals surface area (Å²) in [6.45, 7) is 4.47. The smallest absolute Gasteiger partial charge is 0.327 e. The summed E-state index contributed by atoms with van der Waals surface area (Å²) < 4.78 is 5.45. The Morgan fingerprint density at radius 2 is 2.28 bits per heavy atom. The Morgan fingerprint density at radius 3 is 2.83 bits per heavy atom. The van der Waals surface area contributed by atoms with E-state index in [-0.39, 0.29) is 12.1 Å². The number of thioether (sulfide) groups is 1. The molecule has 0 aromatic heterocycles. The van der Waals surface area contributed by atoms with Crippen molar-refractivity contribution in [2.24, 2.45) is 0 Å². The van der Waals surface area contributed by atoms with Crippen molar-refractivity contribution in [1.29, 1.82) is 0 Å². The molecule has 0 aliphatic carbocycles. The molecule has 2 aliphatic rings. The summed E-state index contributed by atoms with van der Waals surface area (Å²) >= 11 is 1.46. The van der Waals surface area contributed by atoms with Crippen LogP contribution in [0.4, 0.5) is 4.79 Å². The summed E-state index contributed by atoms with van der Waals surface area (Å²) in [5, 5.41) is 12.0. The Labute approximate surface area is 110 Å². The predicted molar refractivity (Wildman–Crippen MR) is 67.6 cm³/mol. The van der Waals surface area contributed by atoms with Crippen molar-refractivity contribution in [2.45, 2.75) is 38.0 Å². The maximum absolute atomic E-state index is 12.1.